The second-order valence-electron chi connectivity index (χ2n) is 6.87. The Hall–Kier alpha value is -2.82. The van der Waals surface area contributed by atoms with Crippen molar-refractivity contribution in [1.82, 2.24) is 10.5 Å². The summed E-state index contributed by atoms with van der Waals surface area (Å²) in [6.07, 6.45) is 4.34. The molecule has 5 heteroatoms. The quantitative estimate of drug-likeness (QED) is 0.756. The van der Waals surface area contributed by atoms with Crippen molar-refractivity contribution in [1.29, 1.82) is 0 Å². The van der Waals surface area contributed by atoms with Gasteiger partial charge in [-0.25, -0.2) is 0 Å². The monoisotopic (exact) mass is 350 g/mol. The lowest BCUT2D eigenvalue weighted by Gasteiger charge is -2.31. The number of carbonyl (C=O) groups excluding carboxylic acids is 1. The number of ether oxygens (including phenoxy) is 1. The van der Waals surface area contributed by atoms with Gasteiger partial charge in [0.2, 0.25) is 5.91 Å². The summed E-state index contributed by atoms with van der Waals surface area (Å²) in [5, 5.41) is 8.26. The van der Waals surface area contributed by atoms with Crippen LogP contribution in [0.5, 0.6) is 5.75 Å². The minimum Gasteiger partial charge on any atom is -0.497 e. The Balaban J connectivity index is 1.55. The van der Waals surface area contributed by atoms with Gasteiger partial charge in [-0.05, 0) is 42.7 Å². The number of benzene rings is 2. The van der Waals surface area contributed by atoms with Crippen LogP contribution in [0.2, 0.25) is 0 Å². The molecule has 1 saturated carbocycles. The highest BCUT2D eigenvalue weighted by molar-refractivity contribution is 5.86. The van der Waals surface area contributed by atoms with Crippen LogP contribution in [0.3, 0.4) is 0 Å². The van der Waals surface area contributed by atoms with Gasteiger partial charge in [-0.15, -0.1) is 0 Å². The molecular formula is C21H22N2O3. The van der Waals surface area contributed by atoms with E-state index >= 15 is 0 Å². The summed E-state index contributed by atoms with van der Waals surface area (Å²) in [6, 6.07) is 15.6. The van der Waals surface area contributed by atoms with E-state index in [1.54, 1.807) is 7.11 Å². The zero-order valence-electron chi connectivity index (χ0n) is 14.8. The number of hydrogen-bond acceptors (Lipinski definition) is 4. The molecule has 26 heavy (non-hydrogen) atoms. The number of hydrogen-bond donors (Lipinski definition) is 1. The summed E-state index contributed by atoms with van der Waals surface area (Å²) in [5.41, 5.74) is 2.22. The molecule has 4 rings (SSSR count). The first-order chi connectivity index (χ1) is 12.7. The van der Waals surface area contributed by atoms with Crippen molar-refractivity contribution in [3.63, 3.8) is 0 Å². The van der Waals surface area contributed by atoms with Crippen molar-refractivity contribution in [3.8, 4) is 5.75 Å². The highest BCUT2D eigenvalue weighted by Gasteiger charge is 2.37. The fourth-order valence-electron chi connectivity index (χ4n) is 3.90. The summed E-state index contributed by atoms with van der Waals surface area (Å²) in [4.78, 5) is 12.8. The first-order valence-corrected chi connectivity index (χ1v) is 8.99. The SMILES string of the molecule is COc1ccc(C2(NC(=O)Cc3noc4ccccc34)CCCC2)cc1. The third-order valence-electron chi connectivity index (χ3n) is 5.26. The van der Waals surface area contributed by atoms with Gasteiger partial charge in [0.15, 0.2) is 5.58 Å². The molecule has 0 unspecified atom stereocenters. The largest absolute Gasteiger partial charge is 0.497 e. The zero-order chi connectivity index (χ0) is 18.0. The summed E-state index contributed by atoms with van der Waals surface area (Å²) in [7, 11) is 1.66. The lowest BCUT2D eigenvalue weighted by atomic mass is 9.87. The molecule has 0 spiro atoms. The van der Waals surface area contributed by atoms with Crippen molar-refractivity contribution in [2.24, 2.45) is 0 Å². The Bertz CT molecular complexity index is 908. The van der Waals surface area contributed by atoms with Crippen LogP contribution in [0, 0.1) is 0 Å². The number of methoxy groups -OCH3 is 1. The van der Waals surface area contributed by atoms with E-state index in [-0.39, 0.29) is 17.9 Å². The van der Waals surface area contributed by atoms with Crippen LogP contribution < -0.4 is 10.1 Å². The first kappa shape index (κ1) is 16.6. The van der Waals surface area contributed by atoms with E-state index in [1.165, 1.54) is 0 Å². The number of fused-ring (bicyclic) bond motifs is 1. The smallest absolute Gasteiger partial charge is 0.226 e. The molecule has 2 aromatic carbocycles. The number of para-hydroxylation sites is 1. The first-order valence-electron chi connectivity index (χ1n) is 8.99. The molecular weight excluding hydrogens is 328 g/mol. The van der Waals surface area contributed by atoms with Crippen molar-refractivity contribution >= 4 is 16.9 Å². The number of nitrogens with one attached hydrogen (secondary N) is 1. The fraction of sp³-hybridized carbons (Fsp3) is 0.333. The average Bonchev–Trinajstić information content (AvgIpc) is 3.30. The van der Waals surface area contributed by atoms with Crippen molar-refractivity contribution in [2.75, 3.05) is 7.11 Å². The average molecular weight is 350 g/mol. The summed E-state index contributed by atoms with van der Waals surface area (Å²) in [6.45, 7) is 0. The van der Waals surface area contributed by atoms with Crippen LogP contribution in [0.4, 0.5) is 0 Å². The molecule has 1 fully saturated rings. The number of rotatable bonds is 5. The van der Waals surface area contributed by atoms with E-state index in [2.05, 4.69) is 22.6 Å². The van der Waals surface area contributed by atoms with E-state index in [0.717, 1.165) is 42.4 Å². The Morgan fingerprint density at radius 3 is 2.62 bits per heavy atom. The molecule has 0 atom stereocenters. The van der Waals surface area contributed by atoms with Gasteiger partial charge >= 0.3 is 0 Å². The van der Waals surface area contributed by atoms with Gasteiger partial charge in [-0.3, -0.25) is 4.79 Å². The standard InChI is InChI=1S/C21H22N2O3/c1-25-16-10-8-15(9-11-16)21(12-4-5-13-21)22-20(24)14-18-17-6-2-3-7-19(17)26-23-18/h2-3,6-11H,4-5,12-14H2,1H3,(H,22,24). The van der Waals surface area contributed by atoms with Crippen LogP contribution >= 0.6 is 0 Å². The molecule has 0 bridgehead atoms. The second-order valence-corrected chi connectivity index (χ2v) is 6.87. The maximum absolute atomic E-state index is 12.8. The van der Waals surface area contributed by atoms with Crippen LogP contribution in [0.15, 0.2) is 53.1 Å². The second kappa shape index (κ2) is 6.83. The number of carbonyl (C=O) groups is 1. The van der Waals surface area contributed by atoms with E-state index in [9.17, 15) is 4.79 Å². The molecule has 1 amide bonds. The molecule has 5 nitrogen and oxygen atoms in total. The maximum Gasteiger partial charge on any atom is 0.226 e. The van der Waals surface area contributed by atoms with Gasteiger partial charge < -0.3 is 14.6 Å². The van der Waals surface area contributed by atoms with Gasteiger partial charge in [-0.2, -0.15) is 0 Å². The molecule has 0 saturated heterocycles. The Labute approximate surface area is 152 Å². The molecule has 1 heterocycles. The topological polar surface area (TPSA) is 64.4 Å². The van der Waals surface area contributed by atoms with Crippen molar-refractivity contribution in [3.05, 3.63) is 59.8 Å². The Morgan fingerprint density at radius 2 is 1.88 bits per heavy atom. The van der Waals surface area contributed by atoms with E-state index in [1.807, 2.05) is 36.4 Å². The normalized spacial score (nSPS) is 15.9. The van der Waals surface area contributed by atoms with Crippen LogP contribution in [0.1, 0.15) is 36.9 Å². The van der Waals surface area contributed by atoms with Crippen LogP contribution in [0.25, 0.3) is 11.0 Å². The maximum atomic E-state index is 12.8. The van der Waals surface area contributed by atoms with Crippen LogP contribution in [-0.2, 0) is 16.8 Å². The van der Waals surface area contributed by atoms with E-state index < -0.39 is 0 Å². The molecule has 1 N–H and O–H groups in total. The van der Waals surface area contributed by atoms with Gasteiger partial charge in [0.05, 0.1) is 19.1 Å². The predicted octanol–water partition coefficient (Wildman–Crippen LogP) is 3.96. The molecule has 0 radical (unpaired) electrons. The third-order valence-corrected chi connectivity index (χ3v) is 5.26. The fourth-order valence-corrected chi connectivity index (χ4v) is 3.90. The summed E-state index contributed by atoms with van der Waals surface area (Å²) >= 11 is 0. The Kier molecular flexibility index (Phi) is 4.37. The molecule has 134 valence electrons. The van der Waals surface area contributed by atoms with Gasteiger partial charge in [0.25, 0.3) is 0 Å². The Morgan fingerprint density at radius 1 is 1.15 bits per heavy atom. The van der Waals surface area contributed by atoms with Gasteiger partial charge in [-0.1, -0.05) is 42.3 Å². The van der Waals surface area contributed by atoms with Crippen molar-refractivity contribution < 1.29 is 14.1 Å². The van der Waals surface area contributed by atoms with Crippen molar-refractivity contribution in [2.45, 2.75) is 37.6 Å². The number of amides is 1. The summed E-state index contributed by atoms with van der Waals surface area (Å²) < 4.78 is 10.6. The van der Waals surface area contributed by atoms with Gasteiger partial charge in [0, 0.05) is 5.39 Å². The minimum absolute atomic E-state index is 0.0261. The van der Waals surface area contributed by atoms with Crippen LogP contribution in [-0.4, -0.2) is 18.2 Å². The lowest BCUT2D eigenvalue weighted by Crippen LogP contribution is -2.44. The molecule has 1 aliphatic carbocycles. The third kappa shape index (κ3) is 3.05. The highest BCUT2D eigenvalue weighted by Crippen LogP contribution is 2.39. The molecule has 3 aromatic rings. The number of nitrogens with zero attached hydrogens (tertiary/aromatic N) is 1. The van der Waals surface area contributed by atoms with E-state index in [0.29, 0.717) is 11.3 Å². The highest BCUT2D eigenvalue weighted by atomic mass is 16.5. The molecule has 1 aliphatic rings. The molecule has 1 aromatic heterocycles. The summed E-state index contributed by atoms with van der Waals surface area (Å²) in [5.74, 6) is 0.795. The number of aromatic nitrogens is 1. The lowest BCUT2D eigenvalue weighted by molar-refractivity contribution is -0.122. The van der Waals surface area contributed by atoms with Gasteiger partial charge in [0.1, 0.15) is 11.4 Å². The predicted molar refractivity (Wildman–Crippen MR) is 99.0 cm³/mol. The van der Waals surface area contributed by atoms with E-state index in [4.69, 9.17) is 9.26 Å². The minimum atomic E-state index is -0.303. The zero-order valence-corrected chi connectivity index (χ0v) is 14.8. The molecule has 0 aliphatic heterocycles.